The maximum atomic E-state index is 13.6. The molecule has 0 aliphatic carbocycles. The summed E-state index contributed by atoms with van der Waals surface area (Å²) in [6.45, 7) is 1.76. The van der Waals surface area contributed by atoms with E-state index in [9.17, 15) is 13.2 Å². The lowest BCUT2D eigenvalue weighted by atomic mass is 10.1. The standard InChI is InChI=1S/C15H14F3NO/c1-9(10-4-3-5-12(6-10)20-2)19-14-8-11(16)7-13(17)15(14)18/h3-9,19H,1-2H3. The second-order valence-corrected chi connectivity index (χ2v) is 4.39. The molecule has 0 aromatic heterocycles. The number of methoxy groups -OCH3 is 1. The van der Waals surface area contributed by atoms with E-state index >= 15 is 0 Å². The monoisotopic (exact) mass is 281 g/mol. The Hall–Kier alpha value is -2.17. The number of anilines is 1. The van der Waals surface area contributed by atoms with E-state index in [4.69, 9.17) is 4.74 Å². The molecule has 2 aromatic carbocycles. The van der Waals surface area contributed by atoms with Crippen molar-refractivity contribution in [3.63, 3.8) is 0 Å². The van der Waals surface area contributed by atoms with Crippen LogP contribution >= 0.6 is 0 Å². The molecule has 0 spiro atoms. The lowest BCUT2D eigenvalue weighted by Gasteiger charge is -2.17. The van der Waals surface area contributed by atoms with Crippen LogP contribution in [0.3, 0.4) is 0 Å². The average Bonchev–Trinajstić information content (AvgIpc) is 2.44. The molecule has 20 heavy (non-hydrogen) atoms. The van der Waals surface area contributed by atoms with Gasteiger partial charge in [-0.05, 0) is 24.6 Å². The molecule has 1 N–H and O–H groups in total. The summed E-state index contributed by atoms with van der Waals surface area (Å²) in [4.78, 5) is 0. The fourth-order valence-electron chi connectivity index (χ4n) is 1.89. The zero-order chi connectivity index (χ0) is 14.7. The van der Waals surface area contributed by atoms with Gasteiger partial charge in [0, 0.05) is 18.2 Å². The Morgan fingerprint density at radius 2 is 1.85 bits per heavy atom. The predicted molar refractivity (Wildman–Crippen MR) is 71.3 cm³/mol. The third-order valence-corrected chi connectivity index (χ3v) is 2.96. The Balaban J connectivity index is 2.25. The van der Waals surface area contributed by atoms with Crippen molar-refractivity contribution in [2.24, 2.45) is 0 Å². The van der Waals surface area contributed by atoms with Gasteiger partial charge in [-0.25, -0.2) is 13.2 Å². The average molecular weight is 281 g/mol. The van der Waals surface area contributed by atoms with Crippen LogP contribution in [-0.2, 0) is 0 Å². The molecule has 1 atom stereocenters. The topological polar surface area (TPSA) is 21.3 Å². The molecule has 0 heterocycles. The predicted octanol–water partition coefficient (Wildman–Crippen LogP) is 4.29. The number of hydrogen-bond acceptors (Lipinski definition) is 2. The van der Waals surface area contributed by atoms with Crippen molar-refractivity contribution in [2.75, 3.05) is 12.4 Å². The molecule has 2 rings (SSSR count). The SMILES string of the molecule is COc1cccc(C(C)Nc2cc(F)cc(F)c2F)c1. The van der Waals surface area contributed by atoms with Crippen LogP contribution in [0.2, 0.25) is 0 Å². The number of hydrogen-bond donors (Lipinski definition) is 1. The summed E-state index contributed by atoms with van der Waals surface area (Å²) in [5.41, 5.74) is 0.603. The van der Waals surface area contributed by atoms with Crippen LogP contribution in [0.1, 0.15) is 18.5 Å². The van der Waals surface area contributed by atoms with E-state index in [0.29, 0.717) is 11.8 Å². The molecular weight excluding hydrogens is 267 g/mol. The molecular formula is C15H14F3NO. The van der Waals surface area contributed by atoms with Gasteiger partial charge in [0.2, 0.25) is 0 Å². The fourth-order valence-corrected chi connectivity index (χ4v) is 1.89. The van der Waals surface area contributed by atoms with Crippen molar-refractivity contribution in [1.82, 2.24) is 0 Å². The second kappa shape index (κ2) is 5.86. The first-order valence-electron chi connectivity index (χ1n) is 6.06. The Labute approximate surface area is 115 Å². The second-order valence-electron chi connectivity index (χ2n) is 4.39. The van der Waals surface area contributed by atoms with Crippen molar-refractivity contribution in [3.8, 4) is 5.75 Å². The largest absolute Gasteiger partial charge is 0.497 e. The van der Waals surface area contributed by atoms with Crippen molar-refractivity contribution < 1.29 is 17.9 Å². The van der Waals surface area contributed by atoms with Gasteiger partial charge in [-0.3, -0.25) is 0 Å². The highest BCUT2D eigenvalue weighted by atomic mass is 19.2. The Kier molecular flexibility index (Phi) is 4.17. The van der Waals surface area contributed by atoms with Crippen molar-refractivity contribution in [2.45, 2.75) is 13.0 Å². The number of ether oxygens (including phenoxy) is 1. The summed E-state index contributed by atoms with van der Waals surface area (Å²) in [5.74, 6) is -2.49. The number of benzene rings is 2. The van der Waals surface area contributed by atoms with E-state index in [1.807, 2.05) is 6.07 Å². The van der Waals surface area contributed by atoms with Gasteiger partial charge in [0.15, 0.2) is 11.6 Å². The van der Waals surface area contributed by atoms with Gasteiger partial charge in [0.05, 0.1) is 12.8 Å². The van der Waals surface area contributed by atoms with Crippen LogP contribution in [-0.4, -0.2) is 7.11 Å². The number of rotatable bonds is 4. The van der Waals surface area contributed by atoms with Crippen LogP contribution in [0.4, 0.5) is 18.9 Å². The summed E-state index contributed by atoms with van der Waals surface area (Å²) in [6, 6.07) is 8.25. The molecule has 106 valence electrons. The molecule has 0 aliphatic rings. The third kappa shape index (κ3) is 3.04. The van der Waals surface area contributed by atoms with E-state index in [2.05, 4.69) is 5.32 Å². The van der Waals surface area contributed by atoms with Crippen molar-refractivity contribution >= 4 is 5.69 Å². The van der Waals surface area contributed by atoms with Gasteiger partial charge in [-0.15, -0.1) is 0 Å². The molecule has 0 bridgehead atoms. The van der Waals surface area contributed by atoms with Crippen LogP contribution in [0, 0.1) is 17.5 Å². The Morgan fingerprint density at radius 3 is 2.55 bits per heavy atom. The molecule has 0 fully saturated rings. The summed E-state index contributed by atoms with van der Waals surface area (Å²) in [6.07, 6.45) is 0. The van der Waals surface area contributed by atoms with Crippen LogP contribution in [0.15, 0.2) is 36.4 Å². The molecule has 2 aromatic rings. The van der Waals surface area contributed by atoms with Gasteiger partial charge in [0.25, 0.3) is 0 Å². The van der Waals surface area contributed by atoms with Crippen LogP contribution in [0.25, 0.3) is 0 Å². The summed E-state index contributed by atoms with van der Waals surface area (Å²) in [5, 5.41) is 2.75. The van der Waals surface area contributed by atoms with Gasteiger partial charge in [-0.1, -0.05) is 12.1 Å². The molecule has 0 aliphatic heterocycles. The highest BCUT2D eigenvalue weighted by Gasteiger charge is 2.14. The Morgan fingerprint density at radius 1 is 1.10 bits per heavy atom. The Bertz CT molecular complexity index is 616. The fraction of sp³-hybridized carbons (Fsp3) is 0.200. The van der Waals surface area contributed by atoms with Gasteiger partial charge in [0.1, 0.15) is 11.6 Å². The maximum absolute atomic E-state index is 13.6. The smallest absolute Gasteiger partial charge is 0.182 e. The normalized spacial score (nSPS) is 12.1. The quantitative estimate of drug-likeness (QED) is 0.844. The summed E-state index contributed by atoms with van der Waals surface area (Å²) >= 11 is 0. The minimum atomic E-state index is -1.22. The van der Waals surface area contributed by atoms with E-state index in [-0.39, 0.29) is 11.7 Å². The minimum Gasteiger partial charge on any atom is -0.497 e. The lowest BCUT2D eigenvalue weighted by molar-refractivity contribution is 0.414. The lowest BCUT2D eigenvalue weighted by Crippen LogP contribution is -2.09. The van der Waals surface area contributed by atoms with E-state index in [0.717, 1.165) is 11.6 Å². The highest BCUT2D eigenvalue weighted by Crippen LogP contribution is 2.26. The highest BCUT2D eigenvalue weighted by molar-refractivity contribution is 5.48. The summed E-state index contributed by atoms with van der Waals surface area (Å²) in [7, 11) is 1.54. The first-order chi connectivity index (χ1) is 9.51. The van der Waals surface area contributed by atoms with E-state index in [1.165, 1.54) is 0 Å². The maximum Gasteiger partial charge on any atom is 0.182 e. The van der Waals surface area contributed by atoms with Crippen molar-refractivity contribution in [3.05, 3.63) is 59.4 Å². The van der Waals surface area contributed by atoms with Crippen molar-refractivity contribution in [1.29, 1.82) is 0 Å². The zero-order valence-electron chi connectivity index (χ0n) is 11.1. The molecule has 0 radical (unpaired) electrons. The van der Waals surface area contributed by atoms with Crippen LogP contribution < -0.4 is 10.1 Å². The molecule has 2 nitrogen and oxygen atoms in total. The van der Waals surface area contributed by atoms with E-state index in [1.54, 1.807) is 32.2 Å². The third-order valence-electron chi connectivity index (χ3n) is 2.96. The number of nitrogens with one attached hydrogen (secondary N) is 1. The molecule has 5 heteroatoms. The van der Waals surface area contributed by atoms with Crippen LogP contribution in [0.5, 0.6) is 5.75 Å². The minimum absolute atomic E-state index is 0.210. The molecule has 1 unspecified atom stereocenters. The molecule has 0 saturated heterocycles. The molecule has 0 saturated carbocycles. The zero-order valence-corrected chi connectivity index (χ0v) is 11.1. The first-order valence-corrected chi connectivity index (χ1v) is 6.06. The van der Waals surface area contributed by atoms with Gasteiger partial charge in [-0.2, -0.15) is 0 Å². The summed E-state index contributed by atoms with van der Waals surface area (Å²) < 4.78 is 44.9. The van der Waals surface area contributed by atoms with Gasteiger partial charge < -0.3 is 10.1 Å². The van der Waals surface area contributed by atoms with E-state index < -0.39 is 17.5 Å². The first kappa shape index (κ1) is 14.2. The van der Waals surface area contributed by atoms with Gasteiger partial charge >= 0.3 is 0 Å². The molecule has 0 amide bonds. The number of halogens is 3.